The highest BCUT2D eigenvalue weighted by Gasteiger charge is 2.28. The van der Waals surface area contributed by atoms with Crippen molar-refractivity contribution in [2.75, 3.05) is 65.6 Å². The van der Waals surface area contributed by atoms with Crippen LogP contribution in [0.5, 0.6) is 11.5 Å². The highest BCUT2D eigenvalue weighted by atomic mass is 127. The Labute approximate surface area is 209 Å². The van der Waals surface area contributed by atoms with E-state index in [0.29, 0.717) is 39.1 Å². The first-order valence-corrected chi connectivity index (χ1v) is 11.4. The van der Waals surface area contributed by atoms with Gasteiger partial charge in [0.05, 0.1) is 33.0 Å². The summed E-state index contributed by atoms with van der Waals surface area (Å²) in [5, 5.41) is 6.85. The Kier molecular flexibility index (Phi) is 12.4. The van der Waals surface area contributed by atoms with E-state index in [1.165, 1.54) is 12.8 Å². The number of guanidine groups is 1. The van der Waals surface area contributed by atoms with Gasteiger partial charge in [0.25, 0.3) is 0 Å². The molecule has 1 fully saturated rings. The number of likely N-dealkylation sites (N-methyl/N-ethyl adjacent to an activating group) is 1. The number of methoxy groups -OCH3 is 1. The summed E-state index contributed by atoms with van der Waals surface area (Å²) in [5.41, 5.74) is 0.926. The van der Waals surface area contributed by atoms with Crippen LogP contribution in [0, 0.1) is 0 Å². The van der Waals surface area contributed by atoms with Gasteiger partial charge in [-0.1, -0.05) is 0 Å². The molecule has 0 radical (unpaired) electrons. The molecule has 32 heavy (non-hydrogen) atoms. The standard InChI is InChI=1S/C23H38N4O4.HI/c1-18(27(2)20-7-8-20)17-25-23(24-10-4-11-29-15-14-28-3)26-19-6-9-21-22(16-19)31-13-5-12-30-21;/h6,9,16,18,20H,4-5,7-8,10-15,17H2,1-3H3,(H2,24,25,26);1H. The van der Waals surface area contributed by atoms with Gasteiger partial charge in [-0.25, -0.2) is 0 Å². The highest BCUT2D eigenvalue weighted by Crippen LogP contribution is 2.32. The molecule has 2 aliphatic rings. The SMILES string of the molecule is COCCOCCCNC(=NCC(C)N(C)C1CC1)Nc1ccc2c(c1)OCCCO2.I. The second kappa shape index (κ2) is 14.8. The molecule has 8 nitrogen and oxygen atoms in total. The highest BCUT2D eigenvalue weighted by molar-refractivity contribution is 14.0. The molecule has 1 heterocycles. The van der Waals surface area contributed by atoms with E-state index in [4.69, 9.17) is 23.9 Å². The van der Waals surface area contributed by atoms with E-state index < -0.39 is 0 Å². The molecule has 2 N–H and O–H groups in total. The van der Waals surface area contributed by atoms with Crippen LogP contribution >= 0.6 is 24.0 Å². The van der Waals surface area contributed by atoms with E-state index >= 15 is 0 Å². The van der Waals surface area contributed by atoms with E-state index in [9.17, 15) is 0 Å². The molecule has 1 aromatic rings. The Balaban J connectivity index is 0.00000363. The van der Waals surface area contributed by atoms with Gasteiger partial charge in [-0.05, 0) is 45.4 Å². The Morgan fingerprint density at radius 3 is 2.72 bits per heavy atom. The molecule has 0 spiro atoms. The predicted octanol–water partition coefficient (Wildman–Crippen LogP) is 3.36. The van der Waals surface area contributed by atoms with Crippen LogP contribution in [-0.2, 0) is 9.47 Å². The summed E-state index contributed by atoms with van der Waals surface area (Å²) in [6, 6.07) is 7.05. The van der Waals surface area contributed by atoms with Crippen molar-refractivity contribution in [3.05, 3.63) is 18.2 Å². The van der Waals surface area contributed by atoms with Crippen molar-refractivity contribution in [3.8, 4) is 11.5 Å². The molecule has 0 saturated heterocycles. The van der Waals surface area contributed by atoms with E-state index in [1.54, 1.807) is 7.11 Å². The minimum Gasteiger partial charge on any atom is -0.490 e. The van der Waals surface area contributed by atoms with E-state index in [-0.39, 0.29) is 24.0 Å². The first-order chi connectivity index (χ1) is 15.2. The number of aliphatic imine (C=N–C) groups is 1. The molecule has 0 aromatic heterocycles. The molecular formula is C23H39IN4O4. The molecule has 1 atom stereocenters. The first kappa shape index (κ1) is 26.9. The first-order valence-electron chi connectivity index (χ1n) is 11.4. The number of anilines is 1. The number of ether oxygens (including phenoxy) is 4. The number of halogens is 1. The monoisotopic (exact) mass is 562 g/mol. The van der Waals surface area contributed by atoms with Crippen molar-refractivity contribution in [1.82, 2.24) is 10.2 Å². The molecule has 1 aromatic carbocycles. The number of benzene rings is 1. The second-order valence-electron chi connectivity index (χ2n) is 8.16. The molecular weight excluding hydrogens is 523 g/mol. The molecule has 1 aliphatic carbocycles. The van der Waals surface area contributed by atoms with Gasteiger partial charge in [0.1, 0.15) is 0 Å². The van der Waals surface area contributed by atoms with Gasteiger partial charge >= 0.3 is 0 Å². The smallest absolute Gasteiger partial charge is 0.195 e. The Morgan fingerprint density at radius 2 is 1.97 bits per heavy atom. The lowest BCUT2D eigenvalue weighted by molar-refractivity contribution is 0.0699. The zero-order valence-corrected chi connectivity index (χ0v) is 21.9. The Morgan fingerprint density at radius 1 is 1.19 bits per heavy atom. The lowest BCUT2D eigenvalue weighted by atomic mass is 10.2. The third-order valence-electron chi connectivity index (χ3n) is 5.53. The van der Waals surface area contributed by atoms with Gasteiger partial charge in [0, 0.05) is 50.5 Å². The van der Waals surface area contributed by atoms with E-state index in [1.807, 2.05) is 18.2 Å². The molecule has 1 unspecified atom stereocenters. The van der Waals surface area contributed by atoms with Crippen LogP contribution in [-0.4, -0.2) is 83.2 Å². The maximum atomic E-state index is 5.82. The zero-order valence-electron chi connectivity index (χ0n) is 19.6. The molecule has 9 heteroatoms. The largest absolute Gasteiger partial charge is 0.490 e. The number of fused-ring (bicyclic) bond motifs is 1. The fraction of sp³-hybridized carbons (Fsp3) is 0.696. The van der Waals surface area contributed by atoms with Crippen molar-refractivity contribution >= 4 is 35.6 Å². The second-order valence-corrected chi connectivity index (χ2v) is 8.16. The van der Waals surface area contributed by atoms with Crippen LogP contribution in [0.25, 0.3) is 0 Å². The number of nitrogens with one attached hydrogen (secondary N) is 2. The zero-order chi connectivity index (χ0) is 21.9. The number of rotatable bonds is 12. The van der Waals surface area contributed by atoms with Crippen LogP contribution in [0.4, 0.5) is 5.69 Å². The van der Waals surface area contributed by atoms with Gasteiger partial charge in [-0.2, -0.15) is 0 Å². The van der Waals surface area contributed by atoms with Crippen molar-refractivity contribution in [1.29, 1.82) is 0 Å². The fourth-order valence-electron chi connectivity index (χ4n) is 3.34. The summed E-state index contributed by atoms with van der Waals surface area (Å²) in [4.78, 5) is 7.28. The van der Waals surface area contributed by atoms with E-state index in [2.05, 4.69) is 29.5 Å². The summed E-state index contributed by atoms with van der Waals surface area (Å²) < 4.78 is 22.1. The average Bonchev–Trinajstić information content (AvgIpc) is 3.63. The van der Waals surface area contributed by atoms with Crippen LogP contribution in [0.2, 0.25) is 0 Å². The number of hydrogen-bond acceptors (Lipinski definition) is 6. The maximum absolute atomic E-state index is 5.82. The van der Waals surface area contributed by atoms with Crippen molar-refractivity contribution in [3.63, 3.8) is 0 Å². The molecule has 0 amide bonds. The van der Waals surface area contributed by atoms with Crippen LogP contribution in [0.15, 0.2) is 23.2 Å². The lowest BCUT2D eigenvalue weighted by Crippen LogP contribution is -2.36. The summed E-state index contributed by atoms with van der Waals surface area (Å²) >= 11 is 0. The fourth-order valence-corrected chi connectivity index (χ4v) is 3.34. The molecule has 3 rings (SSSR count). The third kappa shape index (κ3) is 9.29. The number of nitrogens with zero attached hydrogens (tertiary/aromatic N) is 2. The minimum atomic E-state index is 0. The van der Waals surface area contributed by atoms with Gasteiger partial charge in [-0.3, -0.25) is 9.89 Å². The minimum absolute atomic E-state index is 0. The molecule has 0 bridgehead atoms. The lowest BCUT2D eigenvalue weighted by Gasteiger charge is -2.23. The summed E-state index contributed by atoms with van der Waals surface area (Å²) in [5.74, 6) is 2.33. The quantitative estimate of drug-likeness (QED) is 0.175. The normalized spacial score (nSPS) is 16.8. The average molecular weight is 562 g/mol. The predicted molar refractivity (Wildman–Crippen MR) is 139 cm³/mol. The van der Waals surface area contributed by atoms with Gasteiger partial charge in [0.2, 0.25) is 0 Å². The van der Waals surface area contributed by atoms with Crippen LogP contribution in [0.3, 0.4) is 0 Å². The van der Waals surface area contributed by atoms with Crippen molar-refractivity contribution in [2.24, 2.45) is 4.99 Å². The van der Waals surface area contributed by atoms with Crippen LogP contribution in [0.1, 0.15) is 32.6 Å². The van der Waals surface area contributed by atoms with Crippen molar-refractivity contribution < 1.29 is 18.9 Å². The summed E-state index contributed by atoms with van der Waals surface area (Å²) in [7, 11) is 3.88. The topological polar surface area (TPSA) is 76.6 Å². The van der Waals surface area contributed by atoms with Gasteiger partial charge in [-0.15, -0.1) is 24.0 Å². The summed E-state index contributed by atoms with van der Waals surface area (Å²) in [6.45, 7) is 7.03. The molecule has 1 saturated carbocycles. The Hall–Kier alpha value is -1.30. The van der Waals surface area contributed by atoms with Crippen molar-refractivity contribution in [2.45, 2.75) is 44.7 Å². The van der Waals surface area contributed by atoms with E-state index in [0.717, 1.165) is 55.1 Å². The number of hydrogen-bond donors (Lipinski definition) is 2. The van der Waals surface area contributed by atoms with Gasteiger partial charge < -0.3 is 29.6 Å². The molecule has 1 aliphatic heterocycles. The summed E-state index contributed by atoms with van der Waals surface area (Å²) in [6.07, 6.45) is 4.38. The maximum Gasteiger partial charge on any atom is 0.195 e. The molecule has 182 valence electrons. The Bertz CT molecular complexity index is 703. The van der Waals surface area contributed by atoms with Crippen LogP contribution < -0.4 is 20.1 Å². The van der Waals surface area contributed by atoms with Gasteiger partial charge in [0.15, 0.2) is 17.5 Å². The third-order valence-corrected chi connectivity index (χ3v) is 5.53.